The maximum atomic E-state index is 12.5. The van der Waals surface area contributed by atoms with Crippen LogP contribution in [0.25, 0.3) is 11.5 Å². The molecule has 4 rings (SSSR count). The average molecular weight is 362 g/mol. The largest absolute Gasteiger partial charge is 0.421 e. The highest BCUT2D eigenvalue weighted by molar-refractivity contribution is 5.94. The molecule has 1 fully saturated rings. The Balaban J connectivity index is 1.27. The van der Waals surface area contributed by atoms with Crippen LogP contribution in [0.3, 0.4) is 0 Å². The van der Waals surface area contributed by atoms with E-state index in [0.717, 1.165) is 43.9 Å². The zero-order valence-corrected chi connectivity index (χ0v) is 15.1. The number of piperazine rings is 1. The van der Waals surface area contributed by atoms with Gasteiger partial charge < -0.3 is 9.32 Å². The maximum Gasteiger partial charge on any atom is 0.253 e. The Morgan fingerprint density at radius 2 is 1.56 bits per heavy atom. The molecule has 0 aliphatic carbocycles. The summed E-state index contributed by atoms with van der Waals surface area (Å²) in [6.45, 7) is 4.06. The molecule has 1 amide bonds. The van der Waals surface area contributed by atoms with Gasteiger partial charge in [0.1, 0.15) is 0 Å². The third-order valence-electron chi connectivity index (χ3n) is 4.81. The van der Waals surface area contributed by atoms with Gasteiger partial charge >= 0.3 is 0 Å². The molecular formula is C21H22N4O2. The van der Waals surface area contributed by atoms with Crippen molar-refractivity contribution in [2.45, 2.75) is 6.42 Å². The van der Waals surface area contributed by atoms with Crippen molar-refractivity contribution in [1.29, 1.82) is 0 Å². The molecule has 1 aliphatic heterocycles. The molecule has 1 saturated heterocycles. The van der Waals surface area contributed by atoms with Crippen LogP contribution in [0.4, 0.5) is 0 Å². The summed E-state index contributed by atoms with van der Waals surface area (Å²) in [4.78, 5) is 16.8. The minimum absolute atomic E-state index is 0.111. The summed E-state index contributed by atoms with van der Waals surface area (Å²) in [5.74, 6) is 1.32. The van der Waals surface area contributed by atoms with Gasteiger partial charge in [-0.2, -0.15) is 0 Å². The van der Waals surface area contributed by atoms with E-state index < -0.39 is 0 Å². The van der Waals surface area contributed by atoms with E-state index >= 15 is 0 Å². The van der Waals surface area contributed by atoms with Gasteiger partial charge in [0.2, 0.25) is 11.8 Å². The number of hydrogen-bond acceptors (Lipinski definition) is 5. The first-order valence-electron chi connectivity index (χ1n) is 9.24. The molecule has 0 spiro atoms. The molecule has 138 valence electrons. The number of carbonyl (C=O) groups excluding carboxylic acids is 1. The molecule has 1 aromatic heterocycles. The Hall–Kier alpha value is -2.99. The van der Waals surface area contributed by atoms with E-state index in [1.54, 1.807) is 0 Å². The number of benzene rings is 2. The predicted octanol–water partition coefficient (Wildman–Crippen LogP) is 2.74. The van der Waals surface area contributed by atoms with Crippen molar-refractivity contribution in [3.8, 4) is 11.5 Å². The Bertz CT molecular complexity index is 871. The van der Waals surface area contributed by atoms with Gasteiger partial charge in [0.15, 0.2) is 0 Å². The fraction of sp³-hybridized carbons (Fsp3) is 0.286. The van der Waals surface area contributed by atoms with Crippen LogP contribution < -0.4 is 0 Å². The number of nitrogens with zero attached hydrogens (tertiary/aromatic N) is 4. The third-order valence-corrected chi connectivity index (χ3v) is 4.81. The summed E-state index contributed by atoms with van der Waals surface area (Å²) in [7, 11) is 0. The van der Waals surface area contributed by atoms with Crippen LogP contribution in [0, 0.1) is 0 Å². The minimum atomic E-state index is 0.111. The molecule has 27 heavy (non-hydrogen) atoms. The summed E-state index contributed by atoms with van der Waals surface area (Å²) >= 11 is 0. The Labute approximate surface area is 158 Å². The van der Waals surface area contributed by atoms with Gasteiger partial charge in [-0.05, 0) is 24.3 Å². The van der Waals surface area contributed by atoms with E-state index in [0.29, 0.717) is 18.2 Å². The fourth-order valence-corrected chi connectivity index (χ4v) is 3.24. The number of hydrogen-bond donors (Lipinski definition) is 0. The zero-order chi connectivity index (χ0) is 18.5. The molecule has 0 radical (unpaired) electrons. The van der Waals surface area contributed by atoms with E-state index in [2.05, 4.69) is 15.1 Å². The Morgan fingerprint density at radius 3 is 2.26 bits per heavy atom. The minimum Gasteiger partial charge on any atom is -0.421 e. The standard InChI is InChI=1S/C21H22N4O2/c26-21(18-9-5-2-6-10-18)25-15-13-24(14-16-25)12-11-19-22-23-20(27-19)17-7-3-1-4-8-17/h1-10H,11-16H2. The van der Waals surface area contributed by atoms with Crippen molar-refractivity contribution in [3.05, 3.63) is 72.1 Å². The van der Waals surface area contributed by atoms with Crippen LogP contribution in [-0.2, 0) is 6.42 Å². The molecule has 0 bridgehead atoms. The highest BCUT2D eigenvalue weighted by Crippen LogP contribution is 2.17. The SMILES string of the molecule is O=C(c1ccccc1)N1CCN(CCc2nnc(-c3ccccc3)o2)CC1. The van der Waals surface area contributed by atoms with Crippen molar-refractivity contribution in [2.24, 2.45) is 0 Å². The van der Waals surface area contributed by atoms with Crippen LogP contribution in [0.5, 0.6) is 0 Å². The number of carbonyl (C=O) groups is 1. The second-order valence-electron chi connectivity index (χ2n) is 6.62. The van der Waals surface area contributed by atoms with Crippen LogP contribution in [0.1, 0.15) is 16.2 Å². The molecule has 3 aromatic rings. The number of amides is 1. The van der Waals surface area contributed by atoms with E-state index in [-0.39, 0.29) is 5.91 Å². The van der Waals surface area contributed by atoms with Crippen molar-refractivity contribution in [1.82, 2.24) is 20.0 Å². The first kappa shape index (κ1) is 17.4. The highest BCUT2D eigenvalue weighted by Gasteiger charge is 2.22. The monoisotopic (exact) mass is 362 g/mol. The molecule has 2 aromatic carbocycles. The fourth-order valence-electron chi connectivity index (χ4n) is 3.24. The summed E-state index contributed by atoms with van der Waals surface area (Å²) < 4.78 is 5.76. The van der Waals surface area contributed by atoms with Gasteiger partial charge in [0.25, 0.3) is 5.91 Å². The van der Waals surface area contributed by atoms with Crippen molar-refractivity contribution < 1.29 is 9.21 Å². The average Bonchev–Trinajstić information content (AvgIpc) is 3.22. The number of rotatable bonds is 5. The lowest BCUT2D eigenvalue weighted by Gasteiger charge is -2.34. The third kappa shape index (κ3) is 4.23. The summed E-state index contributed by atoms with van der Waals surface area (Å²) in [6, 6.07) is 19.3. The normalized spacial score (nSPS) is 15.0. The smallest absolute Gasteiger partial charge is 0.253 e. The number of aromatic nitrogens is 2. The molecule has 6 heteroatoms. The first-order valence-corrected chi connectivity index (χ1v) is 9.24. The van der Waals surface area contributed by atoms with Crippen molar-refractivity contribution >= 4 is 5.91 Å². The first-order chi connectivity index (χ1) is 13.3. The molecule has 2 heterocycles. The topological polar surface area (TPSA) is 62.5 Å². The summed E-state index contributed by atoms with van der Waals surface area (Å²) in [6.07, 6.45) is 0.715. The Morgan fingerprint density at radius 1 is 0.889 bits per heavy atom. The van der Waals surface area contributed by atoms with Gasteiger partial charge in [0.05, 0.1) is 0 Å². The lowest BCUT2D eigenvalue weighted by molar-refractivity contribution is 0.0636. The lowest BCUT2D eigenvalue weighted by atomic mass is 10.2. The van der Waals surface area contributed by atoms with E-state index in [1.165, 1.54) is 0 Å². The van der Waals surface area contributed by atoms with Crippen LogP contribution in [0.2, 0.25) is 0 Å². The molecule has 0 unspecified atom stereocenters. The predicted molar refractivity (Wildman–Crippen MR) is 102 cm³/mol. The molecular weight excluding hydrogens is 340 g/mol. The molecule has 0 saturated carbocycles. The molecule has 0 N–H and O–H groups in total. The summed E-state index contributed by atoms with van der Waals surface area (Å²) in [5, 5.41) is 8.28. The highest BCUT2D eigenvalue weighted by atomic mass is 16.4. The van der Waals surface area contributed by atoms with Gasteiger partial charge in [-0.1, -0.05) is 36.4 Å². The van der Waals surface area contributed by atoms with Crippen molar-refractivity contribution in [2.75, 3.05) is 32.7 Å². The van der Waals surface area contributed by atoms with E-state index in [9.17, 15) is 4.79 Å². The van der Waals surface area contributed by atoms with Crippen LogP contribution >= 0.6 is 0 Å². The van der Waals surface area contributed by atoms with Gasteiger partial charge in [-0.25, -0.2) is 0 Å². The van der Waals surface area contributed by atoms with Gasteiger partial charge in [0, 0.05) is 50.3 Å². The summed E-state index contributed by atoms with van der Waals surface area (Å²) in [5.41, 5.74) is 1.69. The van der Waals surface area contributed by atoms with Gasteiger partial charge in [-0.15, -0.1) is 10.2 Å². The molecule has 1 aliphatic rings. The van der Waals surface area contributed by atoms with Crippen LogP contribution in [0.15, 0.2) is 65.1 Å². The van der Waals surface area contributed by atoms with Crippen molar-refractivity contribution in [3.63, 3.8) is 0 Å². The van der Waals surface area contributed by atoms with E-state index in [1.807, 2.05) is 65.6 Å². The van der Waals surface area contributed by atoms with Crippen LogP contribution in [-0.4, -0.2) is 58.6 Å². The van der Waals surface area contributed by atoms with Gasteiger partial charge in [-0.3, -0.25) is 9.69 Å². The lowest BCUT2D eigenvalue weighted by Crippen LogP contribution is -2.49. The molecule has 0 atom stereocenters. The quantitative estimate of drug-likeness (QED) is 0.698. The Kier molecular flexibility index (Phi) is 5.25. The maximum absolute atomic E-state index is 12.5. The second kappa shape index (κ2) is 8.14. The second-order valence-corrected chi connectivity index (χ2v) is 6.62. The molecule has 6 nitrogen and oxygen atoms in total. The van der Waals surface area contributed by atoms with E-state index in [4.69, 9.17) is 4.42 Å². The zero-order valence-electron chi connectivity index (χ0n) is 15.1.